The highest BCUT2D eigenvalue weighted by atomic mass is 16.5. The van der Waals surface area contributed by atoms with E-state index in [2.05, 4.69) is 19.9 Å². The second-order valence-electron chi connectivity index (χ2n) is 5.66. The lowest BCUT2D eigenvalue weighted by molar-refractivity contribution is 0.119. The molecule has 0 bridgehead atoms. The number of aliphatic hydroxyl groups excluding tert-OH is 1. The number of rotatable bonds is 2. The maximum absolute atomic E-state index is 10.2. The van der Waals surface area contributed by atoms with Crippen LogP contribution in [0.5, 0.6) is 5.75 Å². The molecule has 1 aromatic carbocycles. The van der Waals surface area contributed by atoms with Gasteiger partial charge in [-0.25, -0.2) is 0 Å². The summed E-state index contributed by atoms with van der Waals surface area (Å²) in [5.74, 6) is 1.39. The van der Waals surface area contributed by atoms with Gasteiger partial charge in [0.1, 0.15) is 11.4 Å². The van der Waals surface area contributed by atoms with Crippen molar-refractivity contribution in [1.82, 2.24) is 0 Å². The molecule has 0 amide bonds. The Hall–Kier alpha value is -1.02. The van der Waals surface area contributed by atoms with Crippen LogP contribution >= 0.6 is 0 Å². The Labute approximate surface area is 96.2 Å². The predicted octanol–water partition coefficient (Wildman–Crippen LogP) is 2.84. The number of para-hydroxylation sites is 1. The summed E-state index contributed by atoms with van der Waals surface area (Å²) in [5, 5.41) is 10.2. The molecule has 1 aromatic rings. The van der Waals surface area contributed by atoms with E-state index in [4.69, 9.17) is 4.74 Å². The molecule has 1 aliphatic heterocycles. The average Bonchev–Trinajstić information content (AvgIpc) is 2.98. The van der Waals surface area contributed by atoms with Crippen LogP contribution < -0.4 is 4.74 Å². The van der Waals surface area contributed by atoms with Crippen LogP contribution in [0.25, 0.3) is 0 Å². The summed E-state index contributed by atoms with van der Waals surface area (Å²) in [7, 11) is 0. The van der Waals surface area contributed by atoms with Crippen molar-refractivity contribution >= 4 is 0 Å². The van der Waals surface area contributed by atoms with Crippen molar-refractivity contribution in [3.63, 3.8) is 0 Å². The van der Waals surface area contributed by atoms with Gasteiger partial charge in [-0.2, -0.15) is 0 Å². The van der Waals surface area contributed by atoms with E-state index in [1.807, 2.05) is 12.1 Å². The minimum absolute atomic E-state index is 0.123. The van der Waals surface area contributed by atoms with E-state index < -0.39 is 0 Å². The molecule has 0 aromatic heterocycles. The minimum Gasteiger partial charge on any atom is -0.487 e. The normalized spacial score (nSPS) is 23.7. The molecule has 2 heteroatoms. The topological polar surface area (TPSA) is 29.5 Å². The molecule has 2 nitrogen and oxygen atoms in total. The van der Waals surface area contributed by atoms with Crippen molar-refractivity contribution < 1.29 is 9.84 Å². The van der Waals surface area contributed by atoms with Crippen molar-refractivity contribution in [2.24, 2.45) is 5.92 Å². The highest BCUT2D eigenvalue weighted by Gasteiger charge is 2.37. The van der Waals surface area contributed by atoms with Gasteiger partial charge in [0.15, 0.2) is 0 Å². The Morgan fingerprint density at radius 3 is 2.81 bits per heavy atom. The monoisotopic (exact) mass is 218 g/mol. The maximum Gasteiger partial charge on any atom is 0.129 e. The lowest BCUT2D eigenvalue weighted by Crippen LogP contribution is -2.25. The van der Waals surface area contributed by atoms with Gasteiger partial charge in [-0.1, -0.05) is 18.2 Å². The molecule has 3 rings (SSSR count). The third-order valence-corrected chi connectivity index (χ3v) is 3.51. The SMILES string of the molecule is CC1(C)Cc2cccc(C(O)C3CC3)c2O1. The van der Waals surface area contributed by atoms with Crippen molar-refractivity contribution in [3.8, 4) is 5.75 Å². The van der Waals surface area contributed by atoms with E-state index >= 15 is 0 Å². The molecule has 1 aliphatic carbocycles. The fourth-order valence-electron chi connectivity index (χ4n) is 2.54. The van der Waals surface area contributed by atoms with Crippen LogP contribution in [0, 0.1) is 5.92 Å². The molecule has 0 saturated heterocycles. The van der Waals surface area contributed by atoms with Crippen molar-refractivity contribution in [2.45, 2.75) is 44.8 Å². The zero-order valence-electron chi connectivity index (χ0n) is 9.86. The van der Waals surface area contributed by atoms with Gasteiger partial charge in [0.25, 0.3) is 0 Å². The molecule has 0 radical (unpaired) electrons. The van der Waals surface area contributed by atoms with Gasteiger partial charge < -0.3 is 9.84 Å². The lowest BCUT2D eigenvalue weighted by Gasteiger charge is -2.19. The van der Waals surface area contributed by atoms with Gasteiger partial charge in [0, 0.05) is 12.0 Å². The van der Waals surface area contributed by atoms with E-state index in [9.17, 15) is 5.11 Å². The minimum atomic E-state index is -0.330. The first-order valence-corrected chi connectivity index (χ1v) is 6.06. The largest absolute Gasteiger partial charge is 0.487 e. The van der Waals surface area contributed by atoms with Crippen molar-refractivity contribution in [2.75, 3.05) is 0 Å². The summed E-state index contributed by atoms with van der Waals surface area (Å²) in [4.78, 5) is 0. The Bertz CT molecular complexity index is 419. The molecule has 1 N–H and O–H groups in total. The Kier molecular flexibility index (Phi) is 2.05. The van der Waals surface area contributed by atoms with Gasteiger partial charge in [0.05, 0.1) is 6.10 Å². The van der Waals surface area contributed by atoms with Crippen LogP contribution in [0.1, 0.15) is 43.9 Å². The summed E-state index contributed by atoms with van der Waals surface area (Å²) in [6.07, 6.45) is 2.90. The van der Waals surface area contributed by atoms with Crippen LogP contribution in [0.3, 0.4) is 0 Å². The lowest BCUT2D eigenvalue weighted by atomic mass is 9.98. The van der Waals surface area contributed by atoms with E-state index in [1.165, 1.54) is 5.56 Å². The summed E-state index contributed by atoms with van der Waals surface area (Å²) >= 11 is 0. The Morgan fingerprint density at radius 2 is 2.12 bits per heavy atom. The summed E-state index contributed by atoms with van der Waals surface area (Å²) in [5.41, 5.74) is 2.11. The van der Waals surface area contributed by atoms with Crippen molar-refractivity contribution in [1.29, 1.82) is 0 Å². The molecule has 2 aliphatic rings. The fraction of sp³-hybridized carbons (Fsp3) is 0.571. The molecule has 16 heavy (non-hydrogen) atoms. The van der Waals surface area contributed by atoms with Crippen LogP contribution in [0.15, 0.2) is 18.2 Å². The highest BCUT2D eigenvalue weighted by molar-refractivity contribution is 5.47. The molecule has 0 spiro atoms. The first-order chi connectivity index (χ1) is 7.57. The summed E-state index contributed by atoms with van der Waals surface area (Å²) < 4.78 is 5.96. The van der Waals surface area contributed by atoms with Crippen molar-refractivity contribution in [3.05, 3.63) is 29.3 Å². The number of hydrogen-bond donors (Lipinski definition) is 1. The standard InChI is InChI=1S/C14H18O2/c1-14(2)8-10-4-3-5-11(13(10)16-14)12(15)9-6-7-9/h3-5,9,12,15H,6-8H2,1-2H3. The van der Waals surface area contributed by atoms with Gasteiger partial charge in [-0.3, -0.25) is 0 Å². The van der Waals surface area contributed by atoms with Gasteiger partial charge in [0.2, 0.25) is 0 Å². The highest BCUT2D eigenvalue weighted by Crippen LogP contribution is 2.47. The first-order valence-electron chi connectivity index (χ1n) is 6.06. The first kappa shape index (κ1) is 10.2. The zero-order chi connectivity index (χ0) is 11.3. The van der Waals surface area contributed by atoms with Crippen LogP contribution in [0.4, 0.5) is 0 Å². The van der Waals surface area contributed by atoms with E-state index in [0.29, 0.717) is 5.92 Å². The fourth-order valence-corrected chi connectivity index (χ4v) is 2.54. The quantitative estimate of drug-likeness (QED) is 0.827. The Morgan fingerprint density at radius 1 is 1.38 bits per heavy atom. The summed E-state index contributed by atoms with van der Waals surface area (Å²) in [6, 6.07) is 6.14. The smallest absolute Gasteiger partial charge is 0.129 e. The number of aliphatic hydroxyl groups is 1. The average molecular weight is 218 g/mol. The second kappa shape index (κ2) is 3.24. The maximum atomic E-state index is 10.2. The predicted molar refractivity (Wildman–Crippen MR) is 62.5 cm³/mol. The molecule has 1 atom stereocenters. The molecule has 1 saturated carbocycles. The van der Waals surface area contributed by atoms with Gasteiger partial charge in [-0.05, 0) is 38.2 Å². The van der Waals surface area contributed by atoms with E-state index in [1.54, 1.807) is 0 Å². The molecule has 86 valence electrons. The van der Waals surface area contributed by atoms with Crippen LogP contribution in [-0.2, 0) is 6.42 Å². The number of ether oxygens (including phenoxy) is 1. The molecular formula is C14H18O2. The van der Waals surface area contributed by atoms with Gasteiger partial charge >= 0.3 is 0 Å². The van der Waals surface area contributed by atoms with Crippen LogP contribution in [-0.4, -0.2) is 10.7 Å². The number of hydrogen-bond acceptors (Lipinski definition) is 2. The van der Waals surface area contributed by atoms with Crippen LogP contribution in [0.2, 0.25) is 0 Å². The third kappa shape index (κ3) is 1.61. The van der Waals surface area contributed by atoms with E-state index in [-0.39, 0.29) is 11.7 Å². The summed E-state index contributed by atoms with van der Waals surface area (Å²) in [6.45, 7) is 4.20. The second-order valence-corrected chi connectivity index (χ2v) is 5.66. The van der Waals surface area contributed by atoms with E-state index in [0.717, 1.165) is 30.6 Å². The molecular weight excluding hydrogens is 200 g/mol. The molecule has 1 fully saturated rings. The third-order valence-electron chi connectivity index (χ3n) is 3.51. The number of fused-ring (bicyclic) bond motifs is 1. The number of benzene rings is 1. The molecule has 1 unspecified atom stereocenters. The van der Waals surface area contributed by atoms with Gasteiger partial charge in [-0.15, -0.1) is 0 Å². The zero-order valence-corrected chi connectivity index (χ0v) is 9.86. The molecule has 1 heterocycles. The Balaban J connectivity index is 1.99.